The van der Waals surface area contributed by atoms with Crippen molar-refractivity contribution in [3.8, 4) is 16.8 Å². The second-order valence-corrected chi connectivity index (χ2v) is 13.9. The molecule has 0 N–H and O–H groups in total. The fraction of sp³-hybridized carbons (Fsp3) is 0.102. The Morgan fingerprint density at radius 2 is 1.39 bits per heavy atom. The van der Waals surface area contributed by atoms with Crippen molar-refractivity contribution in [3.05, 3.63) is 192 Å². The second kappa shape index (κ2) is 12.3. The lowest BCUT2D eigenvalue weighted by Gasteiger charge is -2.19. The molecule has 2 nitrogen and oxygen atoms in total. The van der Waals surface area contributed by atoms with Crippen molar-refractivity contribution in [1.82, 2.24) is 4.57 Å². The van der Waals surface area contributed by atoms with Gasteiger partial charge in [-0.2, -0.15) is 0 Å². The van der Waals surface area contributed by atoms with Gasteiger partial charge in [0, 0.05) is 39.0 Å². The number of benzene rings is 7. The first-order valence-electron chi connectivity index (χ1n) is 18.2. The molecule has 1 atom stereocenters. The number of furan rings is 1. The zero-order chi connectivity index (χ0) is 33.7. The molecular weight excluding hydrogens is 619 g/mol. The lowest BCUT2D eigenvalue weighted by atomic mass is 9.84. The van der Waals surface area contributed by atoms with E-state index in [-0.39, 0.29) is 5.92 Å². The van der Waals surface area contributed by atoms with Crippen LogP contribution in [0.15, 0.2) is 168 Å². The van der Waals surface area contributed by atoms with Gasteiger partial charge in [0.2, 0.25) is 0 Å². The average molecular weight is 656 g/mol. The number of nitrogens with zero attached hydrogens (tertiary/aromatic N) is 1. The quantitative estimate of drug-likeness (QED) is 0.167. The highest BCUT2D eigenvalue weighted by molar-refractivity contribution is 6.06. The van der Waals surface area contributed by atoms with E-state index >= 15 is 0 Å². The summed E-state index contributed by atoms with van der Waals surface area (Å²) >= 11 is 0. The van der Waals surface area contributed by atoms with E-state index in [1.807, 2.05) is 0 Å². The molecule has 7 aromatic carbocycles. The molecule has 2 heteroatoms. The van der Waals surface area contributed by atoms with Gasteiger partial charge < -0.3 is 8.98 Å². The summed E-state index contributed by atoms with van der Waals surface area (Å²) in [7, 11) is 0. The molecule has 51 heavy (non-hydrogen) atoms. The molecule has 0 amide bonds. The molecule has 0 saturated carbocycles. The zero-order valence-electron chi connectivity index (χ0n) is 28.4. The van der Waals surface area contributed by atoms with E-state index in [0.29, 0.717) is 0 Å². The van der Waals surface area contributed by atoms with Gasteiger partial charge in [0.1, 0.15) is 11.2 Å². The topological polar surface area (TPSA) is 18.1 Å². The highest BCUT2D eigenvalue weighted by Crippen LogP contribution is 2.40. The predicted molar refractivity (Wildman–Crippen MR) is 214 cm³/mol. The summed E-state index contributed by atoms with van der Waals surface area (Å²) in [5, 5.41) is 6.29. The Labute approximate surface area is 297 Å². The summed E-state index contributed by atoms with van der Waals surface area (Å²) in [5.74, 6) is 0.164. The van der Waals surface area contributed by atoms with E-state index in [9.17, 15) is 0 Å². The van der Waals surface area contributed by atoms with E-state index < -0.39 is 0 Å². The molecule has 0 spiro atoms. The van der Waals surface area contributed by atoms with Crippen LogP contribution in [0.25, 0.3) is 66.5 Å². The molecule has 0 bridgehead atoms. The van der Waals surface area contributed by atoms with Crippen molar-refractivity contribution in [2.75, 3.05) is 0 Å². The zero-order valence-corrected chi connectivity index (χ0v) is 28.4. The largest absolute Gasteiger partial charge is 0.456 e. The normalized spacial score (nSPS) is 13.3. The van der Waals surface area contributed by atoms with Crippen LogP contribution in [-0.4, -0.2) is 4.57 Å². The first kappa shape index (κ1) is 29.8. The van der Waals surface area contributed by atoms with Crippen LogP contribution in [0.5, 0.6) is 0 Å². The van der Waals surface area contributed by atoms with E-state index in [1.54, 1.807) is 0 Å². The van der Waals surface area contributed by atoms with Gasteiger partial charge in [-0.05, 0) is 101 Å². The molecule has 0 radical (unpaired) electrons. The summed E-state index contributed by atoms with van der Waals surface area (Å²) in [6, 6.07) is 57.6. The van der Waals surface area contributed by atoms with Crippen molar-refractivity contribution >= 4 is 49.7 Å². The van der Waals surface area contributed by atoms with Gasteiger partial charge in [-0.15, -0.1) is 0 Å². The first-order valence-corrected chi connectivity index (χ1v) is 18.2. The Morgan fingerprint density at radius 3 is 2.29 bits per heavy atom. The molecule has 244 valence electrons. The SMILES string of the molecule is C1=Cc2c(c3cc(CCC(c4ccc(-c5cccc6ccccc56)cc4)c4cccc5c4oc4ccccc45)ccc3n2-c2ccccc2)CC1. The lowest BCUT2D eigenvalue weighted by Crippen LogP contribution is -2.04. The predicted octanol–water partition coefficient (Wildman–Crippen LogP) is 13.1. The number of hydrogen-bond donors (Lipinski definition) is 0. The molecule has 0 saturated heterocycles. The van der Waals surface area contributed by atoms with E-state index in [2.05, 4.69) is 174 Å². The van der Waals surface area contributed by atoms with Crippen LogP contribution in [0.4, 0.5) is 0 Å². The molecule has 0 fully saturated rings. The summed E-state index contributed by atoms with van der Waals surface area (Å²) in [6.07, 6.45) is 8.73. The smallest absolute Gasteiger partial charge is 0.139 e. The molecule has 1 unspecified atom stereocenters. The number of aryl methyl sites for hydroxylation is 2. The van der Waals surface area contributed by atoms with Crippen molar-refractivity contribution in [2.45, 2.75) is 31.6 Å². The standard InChI is InChI=1S/C49H37NO/c1-2-14-37(15-3-1)50-46-22-8-6-17-41(46)45-32-33(25-31-47(45)50)24-30-40(43-20-11-21-44-42-18-7-9-23-48(42)51-49(43)44)36-28-26-35(27-29-36)39-19-10-13-34-12-4-5-16-38(34)39/h1-5,7-16,18-23,25-29,31-32,40H,6,17,24,30H2. The van der Waals surface area contributed by atoms with Crippen LogP contribution in [0, 0.1) is 0 Å². The molecule has 0 aliphatic heterocycles. The van der Waals surface area contributed by atoms with E-state index in [1.165, 1.54) is 77.2 Å². The number of rotatable bonds is 7. The van der Waals surface area contributed by atoms with Gasteiger partial charge in [-0.25, -0.2) is 0 Å². The van der Waals surface area contributed by atoms with Crippen LogP contribution in [0.2, 0.25) is 0 Å². The summed E-state index contributed by atoms with van der Waals surface area (Å²) in [6.45, 7) is 0. The third kappa shape index (κ3) is 5.10. The van der Waals surface area contributed by atoms with Gasteiger partial charge in [0.15, 0.2) is 0 Å². The third-order valence-corrected chi connectivity index (χ3v) is 11.0. The van der Waals surface area contributed by atoms with Gasteiger partial charge >= 0.3 is 0 Å². The maximum atomic E-state index is 6.63. The number of allylic oxidation sites excluding steroid dienone is 1. The highest BCUT2D eigenvalue weighted by Gasteiger charge is 2.22. The maximum Gasteiger partial charge on any atom is 0.139 e. The average Bonchev–Trinajstić information content (AvgIpc) is 3.74. The lowest BCUT2D eigenvalue weighted by molar-refractivity contribution is 0.645. The summed E-state index contributed by atoms with van der Waals surface area (Å²) in [4.78, 5) is 0. The van der Waals surface area contributed by atoms with Gasteiger partial charge in [0.05, 0.1) is 5.52 Å². The number of hydrogen-bond acceptors (Lipinski definition) is 1. The van der Waals surface area contributed by atoms with E-state index in [4.69, 9.17) is 4.42 Å². The first-order chi connectivity index (χ1) is 25.3. The minimum absolute atomic E-state index is 0.164. The monoisotopic (exact) mass is 655 g/mol. The maximum absolute atomic E-state index is 6.63. The second-order valence-electron chi connectivity index (χ2n) is 13.9. The number of aromatic nitrogens is 1. The van der Waals surface area contributed by atoms with Crippen LogP contribution in [-0.2, 0) is 12.8 Å². The van der Waals surface area contributed by atoms with Gasteiger partial charge in [0.25, 0.3) is 0 Å². The Bertz CT molecular complexity index is 2740. The molecule has 10 rings (SSSR count). The molecule has 2 heterocycles. The highest BCUT2D eigenvalue weighted by atomic mass is 16.3. The molecule has 2 aromatic heterocycles. The molecule has 1 aliphatic rings. The van der Waals surface area contributed by atoms with Crippen LogP contribution in [0.1, 0.15) is 46.7 Å². The molecule has 1 aliphatic carbocycles. The van der Waals surface area contributed by atoms with Crippen LogP contribution < -0.4 is 0 Å². The van der Waals surface area contributed by atoms with Crippen molar-refractivity contribution < 1.29 is 4.42 Å². The minimum Gasteiger partial charge on any atom is -0.456 e. The molecule has 9 aromatic rings. The number of para-hydroxylation sites is 3. The summed E-state index contributed by atoms with van der Waals surface area (Å²) in [5.41, 5.74) is 13.7. The Hall–Kier alpha value is -6.12. The van der Waals surface area contributed by atoms with Crippen LogP contribution in [0.3, 0.4) is 0 Å². The fourth-order valence-electron chi connectivity index (χ4n) is 8.52. The van der Waals surface area contributed by atoms with Crippen molar-refractivity contribution in [3.63, 3.8) is 0 Å². The van der Waals surface area contributed by atoms with Crippen LogP contribution >= 0.6 is 0 Å². The Kier molecular flexibility index (Phi) is 7.20. The fourth-order valence-corrected chi connectivity index (χ4v) is 8.52. The van der Waals surface area contributed by atoms with Crippen molar-refractivity contribution in [2.24, 2.45) is 0 Å². The molecular formula is C49H37NO. The Morgan fingerprint density at radius 1 is 0.627 bits per heavy atom. The van der Waals surface area contributed by atoms with E-state index in [0.717, 1.165) is 36.8 Å². The van der Waals surface area contributed by atoms with Gasteiger partial charge in [-0.1, -0.05) is 133 Å². The van der Waals surface area contributed by atoms with Crippen molar-refractivity contribution in [1.29, 1.82) is 0 Å². The Balaban J connectivity index is 1.06. The number of fused-ring (bicyclic) bond motifs is 7. The summed E-state index contributed by atoms with van der Waals surface area (Å²) < 4.78 is 9.07. The minimum atomic E-state index is 0.164. The van der Waals surface area contributed by atoms with Gasteiger partial charge in [-0.3, -0.25) is 0 Å². The third-order valence-electron chi connectivity index (χ3n) is 11.0.